The molecule has 3 rings (SSSR count). The molecule has 2 aromatic heterocycles. The summed E-state index contributed by atoms with van der Waals surface area (Å²) in [5.74, 6) is -0.896. The second kappa shape index (κ2) is 4.89. The number of hydrogen-bond acceptors (Lipinski definition) is 4. The monoisotopic (exact) mass is 277 g/mol. The van der Waals surface area contributed by atoms with Gasteiger partial charge in [-0.15, -0.1) is 11.3 Å². The lowest BCUT2D eigenvalue weighted by atomic mass is 10.2. The molecule has 0 atom stereocenters. The van der Waals surface area contributed by atoms with Crippen LogP contribution in [0.1, 0.15) is 4.88 Å². The van der Waals surface area contributed by atoms with Gasteiger partial charge in [-0.25, -0.2) is 18.7 Å². The summed E-state index contributed by atoms with van der Waals surface area (Å²) in [5, 5.41) is 5.38. The van der Waals surface area contributed by atoms with Crippen LogP contribution in [-0.2, 0) is 6.54 Å². The Balaban J connectivity index is 1.99. The van der Waals surface area contributed by atoms with Gasteiger partial charge in [0.05, 0.1) is 6.54 Å². The topological polar surface area (TPSA) is 37.8 Å². The van der Waals surface area contributed by atoms with Gasteiger partial charge in [0.1, 0.15) is 23.5 Å². The Labute approximate surface area is 111 Å². The van der Waals surface area contributed by atoms with E-state index in [0.29, 0.717) is 17.7 Å². The number of benzene rings is 1. The fourth-order valence-corrected chi connectivity index (χ4v) is 2.46. The van der Waals surface area contributed by atoms with Crippen molar-refractivity contribution in [3.63, 3.8) is 0 Å². The van der Waals surface area contributed by atoms with Gasteiger partial charge in [-0.05, 0) is 17.5 Å². The number of aromatic nitrogens is 2. The molecular weight excluding hydrogens is 268 g/mol. The van der Waals surface area contributed by atoms with E-state index in [1.54, 1.807) is 11.3 Å². The summed E-state index contributed by atoms with van der Waals surface area (Å²) in [6.07, 6.45) is 1.26. The van der Waals surface area contributed by atoms with Crippen molar-refractivity contribution >= 4 is 28.1 Å². The molecule has 0 unspecified atom stereocenters. The maximum atomic E-state index is 13.6. The van der Waals surface area contributed by atoms with Gasteiger partial charge < -0.3 is 5.32 Å². The molecule has 3 nitrogen and oxygen atoms in total. The molecule has 0 aliphatic rings. The summed E-state index contributed by atoms with van der Waals surface area (Å²) in [5.41, 5.74) is 0.116. The van der Waals surface area contributed by atoms with E-state index >= 15 is 0 Å². The minimum Gasteiger partial charge on any atom is -0.365 e. The number of nitrogens with zero attached hydrogens (tertiary/aromatic N) is 2. The van der Waals surface area contributed by atoms with E-state index in [4.69, 9.17) is 0 Å². The second-order valence-corrected chi connectivity index (χ2v) is 4.97. The summed E-state index contributed by atoms with van der Waals surface area (Å²) >= 11 is 1.60. The fourth-order valence-electron chi connectivity index (χ4n) is 1.82. The van der Waals surface area contributed by atoms with Crippen LogP contribution in [0.4, 0.5) is 14.6 Å². The van der Waals surface area contributed by atoms with Gasteiger partial charge in [-0.3, -0.25) is 0 Å². The number of anilines is 1. The van der Waals surface area contributed by atoms with E-state index < -0.39 is 11.6 Å². The molecule has 1 N–H and O–H groups in total. The Morgan fingerprint density at radius 1 is 1.21 bits per heavy atom. The number of hydrogen-bond donors (Lipinski definition) is 1. The normalized spacial score (nSPS) is 10.8. The molecule has 0 spiro atoms. The average molecular weight is 277 g/mol. The number of fused-ring (bicyclic) bond motifs is 1. The third kappa shape index (κ3) is 2.39. The second-order valence-electron chi connectivity index (χ2n) is 3.94. The number of halogens is 2. The first kappa shape index (κ1) is 12.0. The van der Waals surface area contributed by atoms with Crippen molar-refractivity contribution in [1.29, 1.82) is 0 Å². The summed E-state index contributed by atoms with van der Waals surface area (Å²) < 4.78 is 26.9. The van der Waals surface area contributed by atoms with Gasteiger partial charge in [0.2, 0.25) is 0 Å². The molecule has 0 aliphatic heterocycles. The van der Waals surface area contributed by atoms with Crippen LogP contribution < -0.4 is 5.32 Å². The first-order valence-corrected chi connectivity index (χ1v) is 6.48. The van der Waals surface area contributed by atoms with Crippen LogP contribution >= 0.6 is 11.3 Å². The van der Waals surface area contributed by atoms with Crippen LogP contribution in [0, 0.1) is 11.6 Å². The van der Waals surface area contributed by atoms with E-state index in [0.717, 1.165) is 10.9 Å². The molecule has 0 aliphatic carbocycles. The van der Waals surface area contributed by atoms with Gasteiger partial charge in [0.15, 0.2) is 5.82 Å². The highest BCUT2D eigenvalue weighted by atomic mass is 32.1. The Hall–Kier alpha value is -2.08. The molecule has 0 saturated carbocycles. The maximum Gasteiger partial charge on any atom is 0.152 e. The van der Waals surface area contributed by atoms with Crippen molar-refractivity contribution in [2.45, 2.75) is 6.54 Å². The first-order valence-electron chi connectivity index (χ1n) is 5.60. The van der Waals surface area contributed by atoms with Crippen LogP contribution in [0.3, 0.4) is 0 Å². The maximum absolute atomic E-state index is 13.6. The van der Waals surface area contributed by atoms with Gasteiger partial charge in [-0.2, -0.15) is 0 Å². The lowest BCUT2D eigenvalue weighted by molar-refractivity contribution is 0.590. The van der Waals surface area contributed by atoms with Crippen molar-refractivity contribution < 1.29 is 8.78 Å². The highest BCUT2D eigenvalue weighted by Gasteiger charge is 2.10. The SMILES string of the molecule is Fc1cc(F)c2ncnc(NCc3cccs3)c2c1. The highest BCUT2D eigenvalue weighted by Crippen LogP contribution is 2.23. The molecule has 2 heterocycles. The van der Waals surface area contributed by atoms with E-state index in [2.05, 4.69) is 15.3 Å². The number of nitrogens with one attached hydrogen (secondary N) is 1. The van der Waals surface area contributed by atoms with Gasteiger partial charge in [0.25, 0.3) is 0 Å². The highest BCUT2D eigenvalue weighted by molar-refractivity contribution is 7.09. The van der Waals surface area contributed by atoms with E-state index in [1.165, 1.54) is 12.4 Å². The van der Waals surface area contributed by atoms with Crippen molar-refractivity contribution in [3.05, 3.63) is 52.5 Å². The molecule has 0 saturated heterocycles. The largest absolute Gasteiger partial charge is 0.365 e. The standard InChI is InChI=1S/C13H9F2N3S/c14-8-4-10-12(11(15)5-8)17-7-18-13(10)16-6-9-2-1-3-19-9/h1-5,7H,6H2,(H,16,17,18). The number of thiophene rings is 1. The van der Waals surface area contributed by atoms with Gasteiger partial charge in [-0.1, -0.05) is 6.07 Å². The van der Waals surface area contributed by atoms with Crippen LogP contribution in [-0.4, -0.2) is 9.97 Å². The van der Waals surface area contributed by atoms with Crippen molar-refractivity contribution in [3.8, 4) is 0 Å². The first-order chi connectivity index (χ1) is 9.24. The predicted molar refractivity (Wildman–Crippen MR) is 71.1 cm³/mol. The minimum atomic E-state index is -0.684. The minimum absolute atomic E-state index is 0.116. The molecule has 0 bridgehead atoms. The van der Waals surface area contributed by atoms with Crippen LogP contribution in [0.25, 0.3) is 10.9 Å². The summed E-state index contributed by atoms with van der Waals surface area (Å²) in [4.78, 5) is 8.99. The molecule has 6 heteroatoms. The lowest BCUT2D eigenvalue weighted by Gasteiger charge is -2.07. The summed E-state index contributed by atoms with van der Waals surface area (Å²) in [7, 11) is 0. The third-order valence-corrected chi connectivity index (χ3v) is 3.54. The molecule has 0 radical (unpaired) electrons. The van der Waals surface area contributed by atoms with Gasteiger partial charge >= 0.3 is 0 Å². The zero-order valence-corrected chi connectivity index (χ0v) is 10.5. The molecule has 0 amide bonds. The zero-order valence-electron chi connectivity index (χ0n) is 9.73. The van der Waals surface area contributed by atoms with Gasteiger partial charge in [0, 0.05) is 16.3 Å². The lowest BCUT2D eigenvalue weighted by Crippen LogP contribution is -2.02. The summed E-state index contributed by atoms with van der Waals surface area (Å²) in [6.45, 7) is 0.557. The molecule has 96 valence electrons. The van der Waals surface area contributed by atoms with Crippen molar-refractivity contribution in [2.24, 2.45) is 0 Å². The average Bonchev–Trinajstić information content (AvgIpc) is 2.89. The fraction of sp³-hybridized carbons (Fsp3) is 0.0769. The molecule has 1 aromatic carbocycles. The molecular formula is C13H9F2N3S. The number of rotatable bonds is 3. The van der Waals surface area contributed by atoms with Crippen molar-refractivity contribution in [2.75, 3.05) is 5.32 Å². The predicted octanol–water partition coefficient (Wildman–Crippen LogP) is 3.58. The van der Waals surface area contributed by atoms with E-state index in [1.807, 2.05) is 17.5 Å². The molecule has 0 fully saturated rings. The van der Waals surface area contributed by atoms with Crippen molar-refractivity contribution in [1.82, 2.24) is 9.97 Å². The molecule has 19 heavy (non-hydrogen) atoms. The van der Waals surface area contributed by atoms with Crippen LogP contribution in [0.15, 0.2) is 36.0 Å². The zero-order chi connectivity index (χ0) is 13.2. The quantitative estimate of drug-likeness (QED) is 0.795. The summed E-state index contributed by atoms with van der Waals surface area (Å²) in [6, 6.07) is 5.97. The Morgan fingerprint density at radius 2 is 2.11 bits per heavy atom. The van der Waals surface area contributed by atoms with E-state index in [9.17, 15) is 8.78 Å². The Bertz CT molecular complexity index is 713. The Kier molecular flexibility index (Phi) is 3.08. The Morgan fingerprint density at radius 3 is 2.89 bits per heavy atom. The third-order valence-electron chi connectivity index (χ3n) is 2.67. The smallest absolute Gasteiger partial charge is 0.152 e. The molecule has 3 aromatic rings. The van der Waals surface area contributed by atoms with E-state index in [-0.39, 0.29) is 5.52 Å². The van der Waals surface area contributed by atoms with Crippen LogP contribution in [0.2, 0.25) is 0 Å². The van der Waals surface area contributed by atoms with Crippen LogP contribution in [0.5, 0.6) is 0 Å².